The predicted octanol–water partition coefficient (Wildman–Crippen LogP) is 2.41. The lowest BCUT2D eigenvalue weighted by atomic mass is 9.82. The fraction of sp³-hybridized carbons (Fsp3) is 0.190. The first-order valence-electron chi connectivity index (χ1n) is 8.46. The molecular formula is C21H20NO3S+. The van der Waals surface area contributed by atoms with Crippen molar-refractivity contribution in [2.24, 2.45) is 0 Å². The minimum Gasteiger partial charge on any atom is -0.377 e. The number of nitrogens with zero attached hydrogens (tertiary/aromatic N) is 1. The lowest BCUT2D eigenvalue weighted by Crippen LogP contribution is -2.46. The minimum absolute atomic E-state index is 0.254. The van der Waals surface area contributed by atoms with Gasteiger partial charge in [-0.05, 0) is 17.7 Å². The molecule has 132 valence electrons. The standard InChI is InChI=1S/C21H20NO3S/c1-26(24,25)19-12-10-17(11-13-19)21(23)15-18-9-5-6-14-22(18)20(21)16-7-3-2-4-8-16/h2-14,20,23H,15H2,1H3/q+1. The van der Waals surface area contributed by atoms with Gasteiger partial charge in [-0.3, -0.25) is 0 Å². The van der Waals surface area contributed by atoms with Gasteiger partial charge in [-0.2, -0.15) is 4.57 Å². The summed E-state index contributed by atoms with van der Waals surface area (Å²) in [6.07, 6.45) is 3.63. The van der Waals surface area contributed by atoms with E-state index >= 15 is 0 Å². The highest BCUT2D eigenvalue weighted by atomic mass is 32.2. The van der Waals surface area contributed by atoms with E-state index in [1.807, 2.05) is 54.7 Å². The highest BCUT2D eigenvalue weighted by Crippen LogP contribution is 2.41. The third kappa shape index (κ3) is 2.73. The van der Waals surface area contributed by atoms with Crippen LogP contribution in [0.2, 0.25) is 0 Å². The van der Waals surface area contributed by atoms with Gasteiger partial charge < -0.3 is 5.11 Å². The van der Waals surface area contributed by atoms with Crippen LogP contribution in [-0.4, -0.2) is 19.8 Å². The van der Waals surface area contributed by atoms with Crippen molar-refractivity contribution in [2.75, 3.05) is 6.26 Å². The Morgan fingerprint density at radius 3 is 2.27 bits per heavy atom. The Labute approximate surface area is 153 Å². The summed E-state index contributed by atoms with van der Waals surface area (Å²) >= 11 is 0. The van der Waals surface area contributed by atoms with E-state index < -0.39 is 15.4 Å². The highest BCUT2D eigenvalue weighted by Gasteiger charge is 2.53. The third-order valence-electron chi connectivity index (χ3n) is 5.06. The lowest BCUT2D eigenvalue weighted by Gasteiger charge is -2.26. The molecule has 4 rings (SSSR count). The number of hydrogen-bond acceptors (Lipinski definition) is 3. The highest BCUT2D eigenvalue weighted by molar-refractivity contribution is 7.90. The quantitative estimate of drug-likeness (QED) is 0.724. The molecule has 2 aromatic carbocycles. The fourth-order valence-electron chi connectivity index (χ4n) is 3.82. The number of aliphatic hydroxyl groups is 1. The van der Waals surface area contributed by atoms with Gasteiger partial charge in [0.2, 0.25) is 6.04 Å². The normalized spacial score (nSPS) is 22.2. The van der Waals surface area contributed by atoms with Gasteiger partial charge in [0.15, 0.2) is 27.3 Å². The van der Waals surface area contributed by atoms with Crippen molar-refractivity contribution in [2.45, 2.75) is 23.0 Å². The first-order valence-corrected chi connectivity index (χ1v) is 10.4. The number of pyridine rings is 1. The van der Waals surface area contributed by atoms with Crippen LogP contribution in [0.1, 0.15) is 22.9 Å². The molecule has 0 saturated carbocycles. The number of benzene rings is 2. The summed E-state index contributed by atoms with van der Waals surface area (Å²) in [5, 5.41) is 11.7. The van der Waals surface area contributed by atoms with Crippen LogP contribution in [0.15, 0.2) is 83.9 Å². The Bertz CT molecular complexity index is 1050. The van der Waals surface area contributed by atoms with Crippen LogP contribution in [0, 0.1) is 0 Å². The molecule has 3 aromatic rings. The van der Waals surface area contributed by atoms with Crippen LogP contribution in [0.4, 0.5) is 0 Å². The number of hydrogen-bond donors (Lipinski definition) is 1. The van der Waals surface area contributed by atoms with E-state index in [4.69, 9.17) is 0 Å². The summed E-state index contributed by atoms with van der Waals surface area (Å²) in [4.78, 5) is 0.254. The molecule has 1 N–H and O–H groups in total. The van der Waals surface area contributed by atoms with Gasteiger partial charge >= 0.3 is 0 Å². The van der Waals surface area contributed by atoms with Gasteiger partial charge in [0, 0.05) is 24.0 Å². The zero-order valence-electron chi connectivity index (χ0n) is 14.4. The van der Waals surface area contributed by atoms with Gasteiger partial charge in [-0.15, -0.1) is 0 Å². The van der Waals surface area contributed by atoms with Crippen molar-refractivity contribution < 1.29 is 18.1 Å². The number of aromatic nitrogens is 1. The second kappa shape index (κ2) is 6.04. The smallest absolute Gasteiger partial charge is 0.216 e. The molecule has 5 heteroatoms. The van der Waals surface area contributed by atoms with Crippen molar-refractivity contribution in [3.8, 4) is 0 Å². The van der Waals surface area contributed by atoms with Gasteiger partial charge in [0.1, 0.15) is 0 Å². The molecule has 2 atom stereocenters. The van der Waals surface area contributed by atoms with E-state index in [-0.39, 0.29) is 10.9 Å². The molecule has 1 aliphatic rings. The van der Waals surface area contributed by atoms with E-state index in [0.717, 1.165) is 11.3 Å². The first-order chi connectivity index (χ1) is 12.4. The molecule has 0 radical (unpaired) electrons. The second-order valence-electron chi connectivity index (χ2n) is 6.81. The molecule has 1 aromatic heterocycles. The van der Waals surface area contributed by atoms with Crippen LogP contribution < -0.4 is 4.57 Å². The molecule has 0 fully saturated rings. The first kappa shape index (κ1) is 16.9. The number of rotatable bonds is 3. The molecule has 2 unspecified atom stereocenters. The van der Waals surface area contributed by atoms with Crippen LogP contribution in [-0.2, 0) is 21.9 Å². The van der Waals surface area contributed by atoms with E-state index in [9.17, 15) is 13.5 Å². The Kier molecular flexibility index (Phi) is 3.93. The maximum absolute atomic E-state index is 11.7. The topological polar surface area (TPSA) is 58.3 Å². The third-order valence-corrected chi connectivity index (χ3v) is 6.19. The summed E-state index contributed by atoms with van der Waals surface area (Å²) in [7, 11) is -3.27. The molecular weight excluding hydrogens is 346 g/mol. The van der Waals surface area contributed by atoms with Gasteiger partial charge in [0.05, 0.1) is 11.3 Å². The Morgan fingerprint density at radius 2 is 1.62 bits per heavy atom. The van der Waals surface area contributed by atoms with Crippen molar-refractivity contribution in [3.63, 3.8) is 0 Å². The van der Waals surface area contributed by atoms with Crippen molar-refractivity contribution in [1.82, 2.24) is 0 Å². The summed E-state index contributed by atoms with van der Waals surface area (Å²) in [6.45, 7) is 0. The van der Waals surface area contributed by atoms with E-state index in [0.29, 0.717) is 12.0 Å². The van der Waals surface area contributed by atoms with Gasteiger partial charge in [-0.1, -0.05) is 48.5 Å². The average Bonchev–Trinajstić information content (AvgIpc) is 2.95. The van der Waals surface area contributed by atoms with E-state index in [2.05, 4.69) is 4.57 Å². The summed E-state index contributed by atoms with van der Waals surface area (Å²) < 4.78 is 25.6. The zero-order chi connectivity index (χ0) is 18.4. The molecule has 0 amide bonds. The monoisotopic (exact) mass is 366 g/mol. The molecule has 4 nitrogen and oxygen atoms in total. The fourth-order valence-corrected chi connectivity index (χ4v) is 4.45. The minimum atomic E-state index is -3.27. The molecule has 0 bridgehead atoms. The molecule has 26 heavy (non-hydrogen) atoms. The largest absolute Gasteiger partial charge is 0.377 e. The lowest BCUT2D eigenvalue weighted by molar-refractivity contribution is -0.717. The van der Waals surface area contributed by atoms with Crippen LogP contribution in [0.3, 0.4) is 0 Å². The zero-order valence-corrected chi connectivity index (χ0v) is 15.2. The molecule has 0 saturated heterocycles. The molecule has 0 aliphatic carbocycles. The number of fused-ring (bicyclic) bond motifs is 1. The van der Waals surface area contributed by atoms with Crippen molar-refractivity contribution in [1.29, 1.82) is 0 Å². The predicted molar refractivity (Wildman–Crippen MR) is 98.4 cm³/mol. The van der Waals surface area contributed by atoms with Crippen LogP contribution >= 0.6 is 0 Å². The average molecular weight is 366 g/mol. The summed E-state index contributed by atoms with van der Waals surface area (Å²) in [6, 6.07) is 22.1. The van der Waals surface area contributed by atoms with Crippen LogP contribution in [0.5, 0.6) is 0 Å². The molecule has 0 spiro atoms. The van der Waals surface area contributed by atoms with E-state index in [1.54, 1.807) is 24.3 Å². The maximum Gasteiger partial charge on any atom is 0.216 e. The Balaban J connectivity index is 1.86. The maximum atomic E-state index is 11.7. The van der Waals surface area contributed by atoms with Crippen LogP contribution in [0.25, 0.3) is 0 Å². The molecule has 2 heterocycles. The van der Waals surface area contributed by atoms with Gasteiger partial charge in [0.25, 0.3) is 0 Å². The van der Waals surface area contributed by atoms with E-state index in [1.165, 1.54) is 6.26 Å². The SMILES string of the molecule is CS(=O)(=O)c1ccc(C2(O)Cc3cccc[n+]3C2c2ccccc2)cc1. The Hall–Kier alpha value is -2.50. The Morgan fingerprint density at radius 1 is 0.962 bits per heavy atom. The second-order valence-corrected chi connectivity index (χ2v) is 8.83. The summed E-state index contributed by atoms with van der Waals surface area (Å²) in [5.74, 6) is 0. The van der Waals surface area contributed by atoms with Crippen molar-refractivity contribution in [3.05, 3.63) is 95.8 Å². The van der Waals surface area contributed by atoms with Crippen molar-refractivity contribution >= 4 is 9.84 Å². The van der Waals surface area contributed by atoms with Gasteiger partial charge in [-0.25, -0.2) is 8.42 Å². The molecule has 1 aliphatic heterocycles. The summed E-state index contributed by atoms with van der Waals surface area (Å²) in [5.41, 5.74) is 1.61. The number of sulfone groups is 1.